The van der Waals surface area contributed by atoms with E-state index in [0.717, 1.165) is 12.0 Å². The van der Waals surface area contributed by atoms with Crippen molar-refractivity contribution in [1.82, 2.24) is 9.88 Å². The lowest BCUT2D eigenvalue weighted by Crippen LogP contribution is -2.36. The number of carbonyl (C=O) groups is 1. The lowest BCUT2D eigenvalue weighted by atomic mass is 9.98. The number of nitrogens with zero attached hydrogens (tertiary/aromatic N) is 2. The van der Waals surface area contributed by atoms with Crippen molar-refractivity contribution < 1.29 is 18.7 Å². The molecule has 3 aromatic carbocycles. The molecule has 33 heavy (non-hydrogen) atoms. The van der Waals surface area contributed by atoms with Crippen molar-refractivity contribution in [3.05, 3.63) is 89.6 Å². The topological polar surface area (TPSA) is 64.8 Å². The molecule has 6 nitrogen and oxygen atoms in total. The number of ether oxygens (including phenoxy) is 2. The van der Waals surface area contributed by atoms with Crippen LogP contribution in [-0.4, -0.2) is 36.6 Å². The van der Waals surface area contributed by atoms with Crippen LogP contribution in [0.1, 0.15) is 21.5 Å². The van der Waals surface area contributed by atoms with E-state index in [1.165, 1.54) is 11.1 Å². The SMILES string of the molecule is COc1ccc(-c2cnc(-c3ccccc3C(=O)N3CCc4ccccc4C3)o2)c(OC)c1. The molecule has 0 radical (unpaired) electrons. The molecule has 1 aromatic heterocycles. The maximum Gasteiger partial charge on any atom is 0.254 e. The molecular formula is C27H24N2O4. The Balaban J connectivity index is 1.46. The van der Waals surface area contributed by atoms with Gasteiger partial charge in [0.15, 0.2) is 5.76 Å². The number of aromatic nitrogens is 1. The van der Waals surface area contributed by atoms with Gasteiger partial charge in [0.2, 0.25) is 5.89 Å². The summed E-state index contributed by atoms with van der Waals surface area (Å²) >= 11 is 0. The molecule has 0 saturated heterocycles. The van der Waals surface area contributed by atoms with Crippen LogP contribution in [0.25, 0.3) is 22.8 Å². The van der Waals surface area contributed by atoms with E-state index in [-0.39, 0.29) is 5.91 Å². The highest BCUT2D eigenvalue weighted by Crippen LogP contribution is 2.36. The first-order chi connectivity index (χ1) is 16.2. The number of carbonyl (C=O) groups excluding carboxylic acids is 1. The summed E-state index contributed by atoms with van der Waals surface area (Å²) in [7, 11) is 3.20. The standard InChI is InChI=1S/C27H24N2O4/c1-31-20-11-12-23(24(15-20)32-2)25-16-28-26(33-25)21-9-5-6-10-22(21)27(30)29-14-13-18-7-3-4-8-19(18)17-29/h3-12,15-16H,13-14,17H2,1-2H3. The van der Waals surface area contributed by atoms with Crippen molar-refractivity contribution in [2.24, 2.45) is 0 Å². The Morgan fingerprint density at radius 1 is 0.939 bits per heavy atom. The Hall–Kier alpha value is -4.06. The molecule has 0 bridgehead atoms. The summed E-state index contributed by atoms with van der Waals surface area (Å²) in [6.45, 7) is 1.29. The van der Waals surface area contributed by atoms with Gasteiger partial charge >= 0.3 is 0 Å². The first-order valence-electron chi connectivity index (χ1n) is 10.8. The molecule has 166 valence electrons. The van der Waals surface area contributed by atoms with Gasteiger partial charge in [0, 0.05) is 24.7 Å². The Morgan fingerprint density at radius 2 is 1.73 bits per heavy atom. The first-order valence-corrected chi connectivity index (χ1v) is 10.8. The highest BCUT2D eigenvalue weighted by molar-refractivity contribution is 6.00. The fraction of sp³-hybridized carbons (Fsp3) is 0.185. The van der Waals surface area contributed by atoms with Crippen LogP contribution in [-0.2, 0) is 13.0 Å². The van der Waals surface area contributed by atoms with Gasteiger partial charge in [0.25, 0.3) is 5.91 Å². The van der Waals surface area contributed by atoms with Gasteiger partial charge in [-0.3, -0.25) is 4.79 Å². The first kappa shape index (κ1) is 20.8. The molecule has 0 aliphatic carbocycles. The fourth-order valence-electron chi connectivity index (χ4n) is 4.22. The third-order valence-corrected chi connectivity index (χ3v) is 5.99. The molecule has 5 rings (SSSR count). The number of hydrogen-bond acceptors (Lipinski definition) is 5. The van der Waals surface area contributed by atoms with E-state index < -0.39 is 0 Å². The number of oxazole rings is 1. The Bertz CT molecular complexity index is 1310. The van der Waals surface area contributed by atoms with E-state index in [4.69, 9.17) is 13.9 Å². The number of rotatable bonds is 5. The van der Waals surface area contributed by atoms with Crippen molar-refractivity contribution in [1.29, 1.82) is 0 Å². The Morgan fingerprint density at radius 3 is 2.55 bits per heavy atom. The maximum atomic E-state index is 13.5. The molecule has 0 spiro atoms. The smallest absolute Gasteiger partial charge is 0.254 e. The van der Waals surface area contributed by atoms with Crippen molar-refractivity contribution in [3.8, 4) is 34.3 Å². The van der Waals surface area contributed by atoms with Gasteiger partial charge in [-0.2, -0.15) is 0 Å². The van der Waals surface area contributed by atoms with Crippen molar-refractivity contribution in [2.45, 2.75) is 13.0 Å². The van der Waals surface area contributed by atoms with Crippen LogP contribution in [0.2, 0.25) is 0 Å². The zero-order valence-corrected chi connectivity index (χ0v) is 18.6. The zero-order valence-electron chi connectivity index (χ0n) is 18.6. The summed E-state index contributed by atoms with van der Waals surface area (Å²) in [6.07, 6.45) is 2.50. The maximum absolute atomic E-state index is 13.5. The average molecular weight is 440 g/mol. The van der Waals surface area contributed by atoms with Gasteiger partial charge in [0.05, 0.1) is 31.5 Å². The van der Waals surface area contributed by atoms with Gasteiger partial charge in [-0.25, -0.2) is 4.98 Å². The summed E-state index contributed by atoms with van der Waals surface area (Å²) in [5.41, 5.74) is 4.50. The number of methoxy groups -OCH3 is 2. The highest BCUT2D eigenvalue weighted by atomic mass is 16.5. The quantitative estimate of drug-likeness (QED) is 0.426. The van der Waals surface area contributed by atoms with Crippen LogP contribution in [0.5, 0.6) is 11.5 Å². The molecular weight excluding hydrogens is 416 g/mol. The second-order valence-corrected chi connectivity index (χ2v) is 7.89. The van der Waals surface area contributed by atoms with Crippen LogP contribution < -0.4 is 9.47 Å². The van der Waals surface area contributed by atoms with Crippen LogP contribution >= 0.6 is 0 Å². The van der Waals surface area contributed by atoms with E-state index in [1.807, 2.05) is 53.4 Å². The van der Waals surface area contributed by atoms with Crippen LogP contribution in [0.15, 0.2) is 77.3 Å². The molecule has 0 saturated carbocycles. The molecule has 0 fully saturated rings. The second-order valence-electron chi connectivity index (χ2n) is 7.89. The summed E-state index contributed by atoms with van der Waals surface area (Å²) in [6, 6.07) is 21.2. The van der Waals surface area contributed by atoms with E-state index >= 15 is 0 Å². The zero-order chi connectivity index (χ0) is 22.8. The number of amides is 1. The molecule has 2 heterocycles. The van der Waals surface area contributed by atoms with E-state index in [0.29, 0.717) is 47.4 Å². The number of fused-ring (bicyclic) bond motifs is 1. The molecule has 1 aliphatic rings. The fourth-order valence-corrected chi connectivity index (χ4v) is 4.22. The van der Waals surface area contributed by atoms with E-state index in [1.54, 1.807) is 26.5 Å². The monoisotopic (exact) mass is 440 g/mol. The summed E-state index contributed by atoms with van der Waals surface area (Å²) < 4.78 is 16.9. The van der Waals surface area contributed by atoms with Gasteiger partial charge in [0.1, 0.15) is 11.5 Å². The third-order valence-electron chi connectivity index (χ3n) is 5.99. The Labute approximate surface area is 192 Å². The molecule has 0 N–H and O–H groups in total. The lowest BCUT2D eigenvalue weighted by molar-refractivity contribution is 0.0735. The third kappa shape index (κ3) is 3.96. The minimum atomic E-state index is -0.0260. The van der Waals surface area contributed by atoms with Crippen molar-refractivity contribution in [2.75, 3.05) is 20.8 Å². The minimum Gasteiger partial charge on any atom is -0.497 e. The van der Waals surface area contributed by atoms with Crippen LogP contribution in [0.3, 0.4) is 0 Å². The van der Waals surface area contributed by atoms with E-state index in [9.17, 15) is 4.79 Å². The summed E-state index contributed by atoms with van der Waals surface area (Å²) in [5, 5.41) is 0. The summed E-state index contributed by atoms with van der Waals surface area (Å²) in [5.74, 6) is 2.23. The average Bonchev–Trinajstić information content (AvgIpc) is 3.37. The highest BCUT2D eigenvalue weighted by Gasteiger charge is 2.25. The molecule has 1 amide bonds. The van der Waals surface area contributed by atoms with Crippen molar-refractivity contribution in [3.63, 3.8) is 0 Å². The Kier molecular flexibility index (Phi) is 5.57. The molecule has 0 unspecified atom stereocenters. The lowest BCUT2D eigenvalue weighted by Gasteiger charge is -2.29. The molecule has 0 atom stereocenters. The number of hydrogen-bond donors (Lipinski definition) is 0. The molecule has 6 heteroatoms. The largest absolute Gasteiger partial charge is 0.497 e. The predicted octanol–water partition coefficient (Wildman–Crippen LogP) is 5.22. The van der Waals surface area contributed by atoms with Gasteiger partial charge in [-0.05, 0) is 41.8 Å². The minimum absolute atomic E-state index is 0.0260. The predicted molar refractivity (Wildman–Crippen MR) is 125 cm³/mol. The molecule has 4 aromatic rings. The van der Waals surface area contributed by atoms with Crippen molar-refractivity contribution >= 4 is 5.91 Å². The summed E-state index contributed by atoms with van der Waals surface area (Å²) in [4.78, 5) is 19.8. The normalized spacial score (nSPS) is 12.8. The van der Waals surface area contributed by atoms with Gasteiger partial charge < -0.3 is 18.8 Å². The van der Waals surface area contributed by atoms with E-state index in [2.05, 4.69) is 17.1 Å². The van der Waals surface area contributed by atoms with Gasteiger partial charge in [-0.1, -0.05) is 36.4 Å². The van der Waals surface area contributed by atoms with Crippen LogP contribution in [0.4, 0.5) is 0 Å². The van der Waals surface area contributed by atoms with Crippen LogP contribution in [0, 0.1) is 0 Å². The molecule has 1 aliphatic heterocycles. The van der Waals surface area contributed by atoms with Gasteiger partial charge in [-0.15, -0.1) is 0 Å². The number of benzene rings is 3. The second kappa shape index (κ2) is 8.82.